The lowest BCUT2D eigenvalue weighted by molar-refractivity contribution is -0.384. The van der Waals surface area contributed by atoms with Crippen molar-refractivity contribution in [2.24, 2.45) is 0 Å². The van der Waals surface area contributed by atoms with Crippen LogP contribution in [0.25, 0.3) is 0 Å². The Morgan fingerprint density at radius 2 is 1.70 bits per heavy atom. The molecule has 3 aromatic carbocycles. The lowest BCUT2D eigenvalue weighted by Gasteiger charge is -2.11. The highest BCUT2D eigenvalue weighted by Gasteiger charge is 2.12. The fourth-order valence-electron chi connectivity index (χ4n) is 2.62. The fraction of sp³-hybridized carbons (Fsp3) is 0.0909. The molecule has 0 radical (unpaired) electrons. The number of aryl methyl sites for hydroxylation is 1. The number of hydrogen-bond acceptors (Lipinski definition) is 5. The maximum Gasteiger partial charge on any atom is 0.270 e. The molecule has 0 amide bonds. The number of non-ortho nitro benzene ring substituents is 1. The van der Waals surface area contributed by atoms with Crippen LogP contribution in [0.15, 0.2) is 77.7 Å². The van der Waals surface area contributed by atoms with E-state index in [2.05, 4.69) is 10.6 Å². The summed E-state index contributed by atoms with van der Waals surface area (Å²) in [6.07, 6.45) is 0. The van der Waals surface area contributed by atoms with Gasteiger partial charge in [-0.3, -0.25) is 14.9 Å². The molecule has 3 aromatic rings. The largest absolute Gasteiger partial charge is 0.332 e. The lowest BCUT2D eigenvalue weighted by atomic mass is 10.1. The molecule has 8 heteroatoms. The summed E-state index contributed by atoms with van der Waals surface area (Å²) in [5.74, 6) is 0.00932. The van der Waals surface area contributed by atoms with Crippen molar-refractivity contribution in [3.05, 3.63) is 94.0 Å². The fourth-order valence-corrected chi connectivity index (χ4v) is 3.70. The van der Waals surface area contributed by atoms with Gasteiger partial charge in [-0.2, -0.15) is 0 Å². The number of Topliss-reactive ketones (excluding diaryl/α,β-unsaturated/α-hetero) is 1. The van der Waals surface area contributed by atoms with E-state index in [1.807, 2.05) is 55.5 Å². The van der Waals surface area contributed by atoms with Crippen LogP contribution in [0.1, 0.15) is 15.9 Å². The number of nitrogens with zero attached hydrogens (tertiary/aromatic N) is 1. The Labute approximate surface area is 183 Å². The zero-order valence-electron chi connectivity index (χ0n) is 16.1. The highest BCUT2D eigenvalue weighted by molar-refractivity contribution is 8.00. The zero-order valence-corrected chi connectivity index (χ0v) is 17.8. The minimum atomic E-state index is -0.507. The van der Waals surface area contributed by atoms with E-state index in [4.69, 9.17) is 12.2 Å². The first-order valence-electron chi connectivity index (χ1n) is 9.06. The van der Waals surface area contributed by atoms with Crippen LogP contribution < -0.4 is 10.6 Å². The zero-order chi connectivity index (χ0) is 21.5. The molecule has 0 unspecified atom stereocenters. The van der Waals surface area contributed by atoms with Gasteiger partial charge < -0.3 is 10.6 Å². The average Bonchev–Trinajstić information content (AvgIpc) is 2.74. The standard InChI is InChI=1S/C22H19N3O3S2/c1-15-8-10-17(11-9-15)23-22(29)24-18-5-3-7-20(13-18)30-14-21(26)16-4-2-6-19(12-16)25(27)28/h2-13H,14H2,1H3,(H2,23,24,29). The number of nitro groups is 1. The Bertz CT molecular complexity index is 1080. The van der Waals surface area contributed by atoms with Gasteiger partial charge in [0.25, 0.3) is 5.69 Å². The average molecular weight is 438 g/mol. The molecule has 0 heterocycles. The van der Waals surface area contributed by atoms with E-state index < -0.39 is 4.92 Å². The smallest absolute Gasteiger partial charge is 0.270 e. The third-order valence-corrected chi connectivity index (χ3v) is 5.35. The number of nitrogens with one attached hydrogen (secondary N) is 2. The van der Waals surface area contributed by atoms with Crippen LogP contribution in [0.4, 0.5) is 17.1 Å². The molecule has 3 rings (SSSR count). The minimum Gasteiger partial charge on any atom is -0.332 e. The first-order valence-corrected chi connectivity index (χ1v) is 10.5. The van der Waals surface area contributed by atoms with Crippen molar-refractivity contribution in [1.82, 2.24) is 0 Å². The molecule has 0 aromatic heterocycles. The van der Waals surface area contributed by atoms with Crippen molar-refractivity contribution in [3.8, 4) is 0 Å². The molecule has 0 aliphatic rings. The predicted octanol–water partition coefficient (Wildman–Crippen LogP) is 5.69. The molecule has 6 nitrogen and oxygen atoms in total. The molecule has 0 saturated heterocycles. The first kappa shape index (κ1) is 21.5. The van der Waals surface area contributed by atoms with Crippen molar-refractivity contribution >= 4 is 51.9 Å². The van der Waals surface area contributed by atoms with Crippen LogP contribution in [0, 0.1) is 17.0 Å². The van der Waals surface area contributed by atoms with Gasteiger partial charge in [0.1, 0.15) is 0 Å². The quantitative estimate of drug-likeness (QED) is 0.162. The normalized spacial score (nSPS) is 10.3. The van der Waals surface area contributed by atoms with E-state index in [0.717, 1.165) is 16.3 Å². The number of anilines is 2. The monoisotopic (exact) mass is 437 g/mol. The molecule has 0 atom stereocenters. The van der Waals surface area contributed by atoms with Crippen LogP contribution in [-0.4, -0.2) is 21.6 Å². The Balaban J connectivity index is 1.58. The second kappa shape index (κ2) is 10.00. The molecular weight excluding hydrogens is 418 g/mol. The summed E-state index contributed by atoms with van der Waals surface area (Å²) in [7, 11) is 0. The van der Waals surface area contributed by atoms with E-state index >= 15 is 0 Å². The van der Waals surface area contributed by atoms with E-state index in [1.54, 1.807) is 6.07 Å². The number of carbonyl (C=O) groups excluding carboxylic acids is 1. The molecule has 0 fully saturated rings. The topological polar surface area (TPSA) is 84.3 Å². The van der Waals surface area contributed by atoms with E-state index in [0.29, 0.717) is 10.7 Å². The number of hydrogen-bond donors (Lipinski definition) is 2. The lowest BCUT2D eigenvalue weighted by Crippen LogP contribution is -2.18. The third-order valence-electron chi connectivity index (χ3n) is 4.15. The number of thiocarbonyl (C=S) groups is 1. The van der Waals surface area contributed by atoms with Crippen LogP contribution in [0.2, 0.25) is 0 Å². The predicted molar refractivity (Wildman–Crippen MR) is 126 cm³/mol. The van der Waals surface area contributed by atoms with E-state index in [-0.39, 0.29) is 17.2 Å². The van der Waals surface area contributed by atoms with Crippen LogP contribution in [0.5, 0.6) is 0 Å². The summed E-state index contributed by atoms with van der Waals surface area (Å²) in [4.78, 5) is 23.6. The highest BCUT2D eigenvalue weighted by atomic mass is 32.2. The minimum absolute atomic E-state index is 0.0911. The number of ketones is 1. The maximum absolute atomic E-state index is 12.4. The number of nitro benzene ring substituents is 1. The number of thioether (sulfide) groups is 1. The Morgan fingerprint density at radius 1 is 1.00 bits per heavy atom. The van der Waals surface area contributed by atoms with Gasteiger partial charge in [-0.15, -0.1) is 11.8 Å². The van der Waals surface area contributed by atoms with Crippen LogP contribution >= 0.6 is 24.0 Å². The molecule has 0 spiro atoms. The van der Waals surface area contributed by atoms with E-state index in [1.165, 1.54) is 35.5 Å². The second-order valence-electron chi connectivity index (χ2n) is 6.49. The van der Waals surface area contributed by atoms with Gasteiger partial charge in [-0.05, 0) is 49.5 Å². The summed E-state index contributed by atoms with van der Waals surface area (Å²) in [5.41, 5.74) is 3.10. The second-order valence-corrected chi connectivity index (χ2v) is 7.95. The summed E-state index contributed by atoms with van der Waals surface area (Å²) in [5, 5.41) is 17.6. The van der Waals surface area contributed by atoms with Gasteiger partial charge in [0.2, 0.25) is 0 Å². The Kier molecular flexibility index (Phi) is 7.16. The van der Waals surface area contributed by atoms with Crippen LogP contribution in [0.3, 0.4) is 0 Å². The van der Waals surface area contributed by atoms with Crippen molar-refractivity contribution in [3.63, 3.8) is 0 Å². The SMILES string of the molecule is Cc1ccc(NC(=S)Nc2cccc(SCC(=O)c3cccc([N+](=O)[O-])c3)c2)cc1. The van der Waals surface area contributed by atoms with Gasteiger partial charge in [-0.1, -0.05) is 35.9 Å². The molecule has 0 aliphatic heterocycles. The molecule has 152 valence electrons. The maximum atomic E-state index is 12.4. The Hall–Kier alpha value is -3.23. The van der Waals surface area contributed by atoms with Crippen molar-refractivity contribution in [2.75, 3.05) is 16.4 Å². The molecule has 0 bridgehead atoms. The first-order chi connectivity index (χ1) is 14.4. The molecule has 30 heavy (non-hydrogen) atoms. The van der Waals surface area contributed by atoms with Gasteiger partial charge in [0.05, 0.1) is 10.7 Å². The van der Waals surface area contributed by atoms with Crippen molar-refractivity contribution in [1.29, 1.82) is 0 Å². The molecular formula is C22H19N3O3S2. The van der Waals surface area contributed by atoms with Gasteiger partial charge in [0.15, 0.2) is 10.9 Å². The van der Waals surface area contributed by atoms with Crippen molar-refractivity contribution in [2.45, 2.75) is 11.8 Å². The number of rotatable bonds is 7. The van der Waals surface area contributed by atoms with E-state index in [9.17, 15) is 14.9 Å². The summed E-state index contributed by atoms with van der Waals surface area (Å²) in [6, 6.07) is 21.2. The van der Waals surface area contributed by atoms with Gasteiger partial charge >= 0.3 is 0 Å². The summed E-state index contributed by atoms with van der Waals surface area (Å²) in [6.45, 7) is 2.02. The highest BCUT2D eigenvalue weighted by Crippen LogP contribution is 2.24. The van der Waals surface area contributed by atoms with Gasteiger partial charge in [-0.25, -0.2) is 0 Å². The molecule has 2 N–H and O–H groups in total. The summed E-state index contributed by atoms with van der Waals surface area (Å²) < 4.78 is 0. The molecule has 0 aliphatic carbocycles. The number of carbonyl (C=O) groups is 1. The summed E-state index contributed by atoms with van der Waals surface area (Å²) >= 11 is 6.72. The molecule has 0 saturated carbocycles. The van der Waals surface area contributed by atoms with Crippen LogP contribution in [-0.2, 0) is 0 Å². The third kappa shape index (κ3) is 6.13. The number of benzene rings is 3. The Morgan fingerprint density at radius 3 is 2.43 bits per heavy atom. The van der Waals surface area contributed by atoms with Crippen molar-refractivity contribution < 1.29 is 9.72 Å². The van der Waals surface area contributed by atoms with Gasteiger partial charge in [0, 0.05) is 34.0 Å².